The Morgan fingerprint density at radius 1 is 0.396 bits per heavy atom. The Balaban J connectivity index is 1.69. The number of hydrogen-bond acceptors (Lipinski definition) is 4. The fourth-order valence-corrected chi connectivity index (χ4v) is 6.51. The molecule has 0 unspecified atom stereocenters. The Morgan fingerprint density at radius 3 is 1.10 bits per heavy atom. The smallest absolute Gasteiger partial charge is 0.0717 e. The van der Waals surface area contributed by atoms with Crippen molar-refractivity contribution in [2.75, 3.05) is 52.5 Å². The van der Waals surface area contributed by atoms with Gasteiger partial charge in [0, 0.05) is 13.2 Å². The van der Waals surface area contributed by atoms with Crippen LogP contribution in [-0.4, -0.2) is 62.3 Å². The minimum atomic E-state index is 0.683. The van der Waals surface area contributed by atoms with E-state index in [0.29, 0.717) is 13.2 Å². The minimum absolute atomic E-state index is 0.683. The van der Waals surface area contributed by atoms with Crippen molar-refractivity contribution in [2.45, 2.75) is 156 Å². The maximum Gasteiger partial charge on any atom is 0.0717 e. The summed E-state index contributed by atoms with van der Waals surface area (Å²) in [5.74, 6) is 0. The highest BCUT2D eigenvalue weighted by Gasteiger charge is 2.07. The second-order valence-corrected chi connectivity index (χ2v) is 14.1. The number of ether oxygens (including phenoxy) is 2. The molecule has 0 saturated carbocycles. The summed E-state index contributed by atoms with van der Waals surface area (Å²) in [5.41, 5.74) is 5.01. The van der Waals surface area contributed by atoms with Crippen LogP contribution < -0.4 is 0 Å². The average Bonchev–Trinajstić information content (AvgIpc) is 3.11. The summed E-state index contributed by atoms with van der Waals surface area (Å²) in [6.07, 6.45) is 23.5. The van der Waals surface area contributed by atoms with E-state index in [-0.39, 0.29) is 0 Å². The molecule has 4 nitrogen and oxygen atoms in total. The van der Waals surface area contributed by atoms with E-state index in [2.05, 4.69) is 86.0 Å². The van der Waals surface area contributed by atoms with Gasteiger partial charge in [0.15, 0.2) is 0 Å². The van der Waals surface area contributed by atoms with Gasteiger partial charge in [0.2, 0.25) is 0 Å². The van der Waals surface area contributed by atoms with E-state index in [1.165, 1.54) is 164 Å². The third-order valence-electron chi connectivity index (χ3n) is 9.56. The normalized spacial score (nSPS) is 11.7. The summed E-state index contributed by atoms with van der Waals surface area (Å²) in [7, 11) is 0. The number of nitrogens with zero attached hydrogens (tertiary/aromatic N) is 2. The molecule has 0 N–H and O–H groups in total. The molecule has 48 heavy (non-hydrogen) atoms. The lowest BCUT2D eigenvalue weighted by Gasteiger charge is -2.22. The van der Waals surface area contributed by atoms with E-state index in [9.17, 15) is 0 Å². The Hall–Kier alpha value is -1.72. The van der Waals surface area contributed by atoms with Gasteiger partial charge in [-0.05, 0) is 125 Å². The molecule has 0 amide bonds. The Labute approximate surface area is 298 Å². The van der Waals surface area contributed by atoms with Crippen molar-refractivity contribution in [1.82, 2.24) is 9.80 Å². The molecular formula is C44H76N2O2. The summed E-state index contributed by atoms with van der Waals surface area (Å²) in [6.45, 7) is 19.7. The maximum atomic E-state index is 6.14. The van der Waals surface area contributed by atoms with Crippen LogP contribution in [0.25, 0.3) is 11.1 Å². The molecule has 274 valence electrons. The van der Waals surface area contributed by atoms with Gasteiger partial charge in [-0.15, -0.1) is 0 Å². The second kappa shape index (κ2) is 30.1. The lowest BCUT2D eigenvalue weighted by Crippen LogP contribution is -2.27. The van der Waals surface area contributed by atoms with Crippen LogP contribution in [0.5, 0.6) is 0 Å². The summed E-state index contributed by atoms with van der Waals surface area (Å²) >= 11 is 0. The van der Waals surface area contributed by atoms with E-state index >= 15 is 0 Å². The van der Waals surface area contributed by atoms with Gasteiger partial charge in [0.1, 0.15) is 0 Å². The lowest BCUT2D eigenvalue weighted by molar-refractivity contribution is 0.113. The Kier molecular flexibility index (Phi) is 26.6. The third kappa shape index (κ3) is 21.4. The molecule has 0 aliphatic carbocycles. The van der Waals surface area contributed by atoms with Crippen molar-refractivity contribution in [1.29, 1.82) is 0 Å². The lowest BCUT2D eigenvalue weighted by atomic mass is 10.0. The quantitative estimate of drug-likeness (QED) is 0.0709. The van der Waals surface area contributed by atoms with Gasteiger partial charge in [-0.25, -0.2) is 0 Å². The molecule has 0 aromatic heterocycles. The first-order valence-electron chi connectivity index (χ1n) is 20.5. The standard InChI is InChI=1S/C44H76N2O2/c1-5-9-13-17-31-45(29-15-11-7-3)33-19-21-35-47-39-41-25-23-27-43(37-41)44-28-24-26-42(38-44)40-48-36-22-20-34-46(30-16-12-8-4)32-18-14-10-6-2/h23-28,37-38H,5-22,29-36,39-40H2,1-4H3. The minimum Gasteiger partial charge on any atom is -0.377 e. The first kappa shape index (κ1) is 42.4. The van der Waals surface area contributed by atoms with E-state index < -0.39 is 0 Å². The van der Waals surface area contributed by atoms with Crippen LogP contribution in [0.1, 0.15) is 154 Å². The second-order valence-electron chi connectivity index (χ2n) is 14.1. The maximum absolute atomic E-state index is 6.14. The van der Waals surface area contributed by atoms with Crippen LogP contribution in [0.3, 0.4) is 0 Å². The predicted molar refractivity (Wildman–Crippen MR) is 210 cm³/mol. The zero-order valence-electron chi connectivity index (χ0n) is 32.1. The number of unbranched alkanes of at least 4 members (excludes halogenated alkanes) is 12. The van der Waals surface area contributed by atoms with Gasteiger partial charge in [-0.3, -0.25) is 0 Å². The van der Waals surface area contributed by atoms with E-state index in [1.807, 2.05) is 0 Å². The third-order valence-corrected chi connectivity index (χ3v) is 9.56. The largest absolute Gasteiger partial charge is 0.377 e. The predicted octanol–water partition coefficient (Wildman–Crippen LogP) is 12.1. The zero-order chi connectivity index (χ0) is 34.3. The van der Waals surface area contributed by atoms with Gasteiger partial charge >= 0.3 is 0 Å². The molecule has 0 atom stereocenters. The molecule has 2 aromatic carbocycles. The highest BCUT2D eigenvalue weighted by Crippen LogP contribution is 2.23. The van der Waals surface area contributed by atoms with Crippen molar-refractivity contribution in [3.05, 3.63) is 59.7 Å². The van der Waals surface area contributed by atoms with Gasteiger partial charge < -0.3 is 19.3 Å². The van der Waals surface area contributed by atoms with E-state index in [4.69, 9.17) is 9.47 Å². The molecule has 0 bridgehead atoms. The van der Waals surface area contributed by atoms with E-state index in [1.54, 1.807) is 0 Å². The summed E-state index contributed by atoms with van der Waals surface area (Å²) in [4.78, 5) is 5.40. The Bertz CT molecular complexity index is 916. The van der Waals surface area contributed by atoms with Gasteiger partial charge in [0.25, 0.3) is 0 Å². The topological polar surface area (TPSA) is 24.9 Å². The van der Waals surface area contributed by atoms with Crippen molar-refractivity contribution in [3.8, 4) is 11.1 Å². The fraction of sp³-hybridized carbons (Fsp3) is 0.727. The zero-order valence-corrected chi connectivity index (χ0v) is 32.1. The molecule has 0 heterocycles. The van der Waals surface area contributed by atoms with Gasteiger partial charge in [0.05, 0.1) is 13.2 Å². The molecule has 0 fully saturated rings. The molecule has 2 aromatic rings. The molecule has 4 heteroatoms. The number of rotatable bonds is 33. The van der Waals surface area contributed by atoms with Crippen LogP contribution in [0.2, 0.25) is 0 Å². The first-order valence-corrected chi connectivity index (χ1v) is 20.5. The highest BCUT2D eigenvalue weighted by molar-refractivity contribution is 5.64. The summed E-state index contributed by atoms with van der Waals surface area (Å²) < 4.78 is 12.3. The molecular weight excluding hydrogens is 588 g/mol. The first-order chi connectivity index (χ1) is 23.7. The fourth-order valence-electron chi connectivity index (χ4n) is 6.51. The van der Waals surface area contributed by atoms with Gasteiger partial charge in [-0.2, -0.15) is 0 Å². The molecule has 0 aliphatic heterocycles. The highest BCUT2D eigenvalue weighted by atomic mass is 16.5. The van der Waals surface area contributed by atoms with Crippen molar-refractivity contribution in [3.63, 3.8) is 0 Å². The van der Waals surface area contributed by atoms with E-state index in [0.717, 1.165) is 26.1 Å². The number of benzene rings is 2. The SMILES string of the molecule is CCCCCCN(CCCCC)CCCCOCc1cccc(-c2cccc(COCCCCN(CCCCC)CCCCCC)c2)c1. The van der Waals surface area contributed by atoms with Crippen molar-refractivity contribution < 1.29 is 9.47 Å². The molecule has 0 aliphatic rings. The molecule has 0 spiro atoms. The number of hydrogen-bond donors (Lipinski definition) is 0. The molecule has 0 radical (unpaired) electrons. The average molecular weight is 665 g/mol. The van der Waals surface area contributed by atoms with Crippen LogP contribution >= 0.6 is 0 Å². The van der Waals surface area contributed by atoms with Crippen LogP contribution in [-0.2, 0) is 22.7 Å². The van der Waals surface area contributed by atoms with Crippen molar-refractivity contribution >= 4 is 0 Å². The van der Waals surface area contributed by atoms with Crippen molar-refractivity contribution in [2.24, 2.45) is 0 Å². The van der Waals surface area contributed by atoms with Crippen LogP contribution in [0.4, 0.5) is 0 Å². The van der Waals surface area contributed by atoms with Crippen LogP contribution in [0.15, 0.2) is 48.5 Å². The molecule has 2 rings (SSSR count). The summed E-state index contributed by atoms with van der Waals surface area (Å²) in [6, 6.07) is 17.7. The monoisotopic (exact) mass is 665 g/mol. The molecule has 0 saturated heterocycles. The summed E-state index contributed by atoms with van der Waals surface area (Å²) in [5, 5.41) is 0. The Morgan fingerprint density at radius 2 is 0.729 bits per heavy atom. The van der Waals surface area contributed by atoms with Gasteiger partial charge in [-0.1, -0.05) is 128 Å². The van der Waals surface area contributed by atoms with Crippen LogP contribution in [0, 0.1) is 0 Å².